The van der Waals surface area contributed by atoms with Crippen LogP contribution in [0.5, 0.6) is 0 Å². The molecule has 0 saturated carbocycles. The first-order chi connectivity index (χ1) is 11.0. The average Bonchev–Trinajstić information content (AvgIpc) is 2.59. The van der Waals surface area contributed by atoms with Crippen molar-refractivity contribution in [2.75, 3.05) is 26.7 Å². The van der Waals surface area contributed by atoms with Crippen molar-refractivity contribution in [2.24, 2.45) is 5.92 Å². The minimum absolute atomic E-state index is 0.0684. The molecular weight excluding hydrogens is 288 g/mol. The zero-order valence-electron chi connectivity index (χ0n) is 14.5. The number of piperidine rings is 1. The second-order valence-electron chi connectivity index (χ2n) is 6.55. The number of carbonyl (C=O) groups is 2. The van der Waals surface area contributed by atoms with E-state index in [4.69, 9.17) is 0 Å². The third kappa shape index (κ3) is 4.57. The summed E-state index contributed by atoms with van der Waals surface area (Å²) in [6.45, 7) is 6.32. The first kappa shape index (κ1) is 17.5. The molecule has 0 N–H and O–H groups in total. The highest BCUT2D eigenvalue weighted by Crippen LogP contribution is 2.21. The van der Waals surface area contributed by atoms with Crippen molar-refractivity contribution in [3.8, 4) is 0 Å². The minimum Gasteiger partial charge on any atom is -0.346 e. The molecule has 1 aliphatic heterocycles. The lowest BCUT2D eigenvalue weighted by Crippen LogP contribution is -2.43. The Morgan fingerprint density at radius 1 is 1.17 bits per heavy atom. The van der Waals surface area contributed by atoms with Gasteiger partial charge in [0.25, 0.3) is 5.91 Å². The van der Waals surface area contributed by atoms with Crippen LogP contribution in [0.25, 0.3) is 0 Å². The Bertz CT molecular complexity index is 531. The summed E-state index contributed by atoms with van der Waals surface area (Å²) in [6.07, 6.45) is 3.69. The number of unbranched alkanes of at least 4 members (excludes halogenated alkanes) is 1. The molecule has 1 heterocycles. The van der Waals surface area contributed by atoms with Gasteiger partial charge in [0.2, 0.25) is 5.91 Å². The third-order valence-electron chi connectivity index (χ3n) is 4.65. The maximum Gasteiger partial charge on any atom is 0.253 e. The summed E-state index contributed by atoms with van der Waals surface area (Å²) < 4.78 is 0. The van der Waals surface area contributed by atoms with Gasteiger partial charge in [0.05, 0.1) is 0 Å². The highest BCUT2D eigenvalue weighted by Gasteiger charge is 2.29. The van der Waals surface area contributed by atoms with E-state index in [0.717, 1.165) is 43.4 Å². The first-order valence-electron chi connectivity index (χ1n) is 8.64. The van der Waals surface area contributed by atoms with Crippen LogP contribution in [0.3, 0.4) is 0 Å². The number of nitrogens with zero attached hydrogens (tertiary/aromatic N) is 2. The van der Waals surface area contributed by atoms with Crippen molar-refractivity contribution < 1.29 is 9.59 Å². The van der Waals surface area contributed by atoms with E-state index in [1.807, 2.05) is 48.0 Å². The van der Waals surface area contributed by atoms with Gasteiger partial charge in [-0.05, 0) is 38.3 Å². The third-order valence-corrected chi connectivity index (χ3v) is 4.65. The number of hydrogen-bond acceptors (Lipinski definition) is 2. The molecule has 126 valence electrons. The van der Waals surface area contributed by atoms with E-state index in [-0.39, 0.29) is 17.7 Å². The molecule has 0 spiro atoms. The van der Waals surface area contributed by atoms with Crippen LogP contribution in [0, 0.1) is 12.8 Å². The molecule has 2 rings (SSSR count). The van der Waals surface area contributed by atoms with E-state index in [0.29, 0.717) is 13.1 Å². The average molecular weight is 316 g/mol. The van der Waals surface area contributed by atoms with Gasteiger partial charge in [-0.3, -0.25) is 9.59 Å². The van der Waals surface area contributed by atoms with Crippen LogP contribution < -0.4 is 0 Å². The summed E-state index contributed by atoms with van der Waals surface area (Å²) >= 11 is 0. The number of carbonyl (C=O) groups excluding carboxylic acids is 2. The number of amides is 2. The molecule has 0 radical (unpaired) electrons. The van der Waals surface area contributed by atoms with E-state index in [1.165, 1.54) is 0 Å². The molecule has 0 aromatic heterocycles. The topological polar surface area (TPSA) is 40.6 Å². The van der Waals surface area contributed by atoms with Crippen LogP contribution >= 0.6 is 0 Å². The standard InChI is InChI=1S/C19H28N2O2/c1-4-5-12-20(3)18(22)17-10-13-21(14-11-17)19(23)16-8-6-15(2)7-9-16/h6-9,17H,4-5,10-14H2,1-3H3. The molecule has 1 aromatic carbocycles. The van der Waals surface area contributed by atoms with Gasteiger partial charge in [0.1, 0.15) is 0 Å². The van der Waals surface area contributed by atoms with Gasteiger partial charge in [-0.1, -0.05) is 31.0 Å². The molecular formula is C19H28N2O2. The van der Waals surface area contributed by atoms with Crippen LogP contribution in [0.15, 0.2) is 24.3 Å². The van der Waals surface area contributed by atoms with E-state index in [9.17, 15) is 9.59 Å². The van der Waals surface area contributed by atoms with Crippen LogP contribution in [0.4, 0.5) is 0 Å². The summed E-state index contributed by atoms with van der Waals surface area (Å²) in [6, 6.07) is 7.69. The van der Waals surface area contributed by atoms with Gasteiger partial charge >= 0.3 is 0 Å². The number of benzene rings is 1. The second-order valence-corrected chi connectivity index (χ2v) is 6.55. The number of hydrogen-bond donors (Lipinski definition) is 0. The molecule has 1 aliphatic rings. The van der Waals surface area contributed by atoms with E-state index < -0.39 is 0 Å². The lowest BCUT2D eigenvalue weighted by atomic mass is 9.94. The Morgan fingerprint density at radius 3 is 2.35 bits per heavy atom. The molecule has 0 bridgehead atoms. The van der Waals surface area contributed by atoms with Crippen molar-refractivity contribution in [1.29, 1.82) is 0 Å². The maximum atomic E-state index is 12.5. The minimum atomic E-state index is 0.0684. The first-order valence-corrected chi connectivity index (χ1v) is 8.64. The van der Waals surface area contributed by atoms with Crippen LogP contribution in [0.2, 0.25) is 0 Å². The fraction of sp³-hybridized carbons (Fsp3) is 0.579. The largest absolute Gasteiger partial charge is 0.346 e. The highest BCUT2D eigenvalue weighted by molar-refractivity contribution is 5.94. The van der Waals surface area contributed by atoms with Gasteiger partial charge in [0.15, 0.2) is 0 Å². The van der Waals surface area contributed by atoms with E-state index in [1.54, 1.807) is 0 Å². The zero-order valence-corrected chi connectivity index (χ0v) is 14.5. The maximum absolute atomic E-state index is 12.5. The van der Waals surface area contributed by atoms with E-state index in [2.05, 4.69) is 6.92 Å². The van der Waals surface area contributed by atoms with Crippen LogP contribution in [-0.4, -0.2) is 48.3 Å². The molecule has 0 aliphatic carbocycles. The molecule has 1 saturated heterocycles. The number of rotatable bonds is 5. The Kier molecular flexibility index (Phi) is 6.20. The van der Waals surface area contributed by atoms with Crippen molar-refractivity contribution in [1.82, 2.24) is 9.80 Å². The van der Waals surface area contributed by atoms with E-state index >= 15 is 0 Å². The lowest BCUT2D eigenvalue weighted by Gasteiger charge is -2.33. The fourth-order valence-electron chi connectivity index (χ4n) is 3.03. The summed E-state index contributed by atoms with van der Waals surface area (Å²) in [7, 11) is 1.89. The summed E-state index contributed by atoms with van der Waals surface area (Å²) in [5.41, 5.74) is 1.89. The Hall–Kier alpha value is -1.84. The van der Waals surface area contributed by atoms with Crippen molar-refractivity contribution in [3.63, 3.8) is 0 Å². The zero-order chi connectivity index (χ0) is 16.8. The van der Waals surface area contributed by atoms with Gasteiger partial charge in [0, 0.05) is 38.2 Å². The molecule has 23 heavy (non-hydrogen) atoms. The van der Waals surface area contributed by atoms with Crippen LogP contribution in [-0.2, 0) is 4.79 Å². The summed E-state index contributed by atoms with van der Waals surface area (Å²) in [4.78, 5) is 28.6. The Balaban J connectivity index is 1.87. The smallest absolute Gasteiger partial charge is 0.253 e. The molecule has 4 nitrogen and oxygen atoms in total. The van der Waals surface area contributed by atoms with Crippen molar-refractivity contribution >= 4 is 11.8 Å². The monoisotopic (exact) mass is 316 g/mol. The fourth-order valence-corrected chi connectivity index (χ4v) is 3.03. The van der Waals surface area contributed by atoms with Crippen molar-refractivity contribution in [2.45, 2.75) is 39.5 Å². The molecule has 0 atom stereocenters. The van der Waals surface area contributed by atoms with Crippen molar-refractivity contribution in [3.05, 3.63) is 35.4 Å². The van der Waals surface area contributed by atoms with Crippen LogP contribution in [0.1, 0.15) is 48.5 Å². The molecule has 4 heteroatoms. The number of likely N-dealkylation sites (tertiary alicyclic amines) is 1. The Morgan fingerprint density at radius 2 is 1.78 bits per heavy atom. The normalized spacial score (nSPS) is 15.5. The highest BCUT2D eigenvalue weighted by atomic mass is 16.2. The predicted molar refractivity (Wildman–Crippen MR) is 92.4 cm³/mol. The molecule has 2 amide bonds. The summed E-state index contributed by atoms with van der Waals surface area (Å²) in [5, 5.41) is 0. The number of aryl methyl sites for hydroxylation is 1. The lowest BCUT2D eigenvalue weighted by molar-refractivity contribution is -0.135. The SMILES string of the molecule is CCCCN(C)C(=O)C1CCN(C(=O)c2ccc(C)cc2)CC1. The van der Waals surface area contributed by atoms with Gasteiger partial charge in [-0.15, -0.1) is 0 Å². The Labute approximate surface area is 139 Å². The predicted octanol–water partition coefficient (Wildman–Crippen LogP) is 3.11. The molecule has 0 unspecified atom stereocenters. The van der Waals surface area contributed by atoms with Gasteiger partial charge in [-0.25, -0.2) is 0 Å². The quantitative estimate of drug-likeness (QED) is 0.837. The summed E-state index contributed by atoms with van der Waals surface area (Å²) in [5.74, 6) is 0.384. The second kappa shape index (κ2) is 8.14. The van der Waals surface area contributed by atoms with Gasteiger partial charge in [-0.2, -0.15) is 0 Å². The van der Waals surface area contributed by atoms with Gasteiger partial charge < -0.3 is 9.80 Å². The molecule has 1 fully saturated rings. The molecule has 1 aromatic rings.